The van der Waals surface area contributed by atoms with E-state index in [4.69, 9.17) is 0 Å². The molecule has 1 heteroatoms. The Bertz CT molecular complexity index is 321. The van der Waals surface area contributed by atoms with Gasteiger partial charge in [0.15, 0.2) is 0 Å². The van der Waals surface area contributed by atoms with E-state index in [1.807, 2.05) is 6.07 Å². The summed E-state index contributed by atoms with van der Waals surface area (Å²) in [5.41, 5.74) is 2.43. The van der Waals surface area contributed by atoms with Crippen molar-refractivity contribution in [1.29, 1.82) is 0 Å². The fourth-order valence-electron chi connectivity index (χ4n) is 2.03. The van der Waals surface area contributed by atoms with Crippen molar-refractivity contribution in [3.05, 3.63) is 29.3 Å². The van der Waals surface area contributed by atoms with E-state index < -0.39 is 0 Å². The Morgan fingerprint density at radius 1 is 1.20 bits per heavy atom. The number of phenolic OH excluding ortho intramolecular Hbond substituents is 1. The van der Waals surface area contributed by atoms with E-state index in [2.05, 4.69) is 33.8 Å². The van der Waals surface area contributed by atoms with Crippen LogP contribution in [0.2, 0.25) is 0 Å². The van der Waals surface area contributed by atoms with Crippen LogP contribution in [0.25, 0.3) is 0 Å². The zero-order valence-corrected chi connectivity index (χ0v) is 10.3. The van der Waals surface area contributed by atoms with Crippen LogP contribution in [0.1, 0.15) is 51.7 Å². The second kappa shape index (κ2) is 4.69. The molecule has 0 spiro atoms. The van der Waals surface area contributed by atoms with Gasteiger partial charge in [-0.05, 0) is 29.9 Å². The Balaban J connectivity index is 3.09. The van der Waals surface area contributed by atoms with Crippen molar-refractivity contribution in [2.24, 2.45) is 0 Å². The van der Waals surface area contributed by atoms with Gasteiger partial charge in [0, 0.05) is 5.56 Å². The Labute approximate surface area is 93.1 Å². The lowest BCUT2D eigenvalue weighted by molar-refractivity contribution is 0.444. The lowest BCUT2D eigenvalue weighted by Gasteiger charge is -2.24. The molecule has 0 atom stereocenters. The van der Waals surface area contributed by atoms with Crippen molar-refractivity contribution in [3.8, 4) is 5.75 Å². The molecular weight excluding hydrogens is 184 g/mol. The minimum Gasteiger partial charge on any atom is -0.508 e. The molecule has 84 valence electrons. The summed E-state index contributed by atoms with van der Waals surface area (Å²) < 4.78 is 0. The van der Waals surface area contributed by atoms with E-state index >= 15 is 0 Å². The molecule has 1 nitrogen and oxygen atoms in total. The van der Waals surface area contributed by atoms with Gasteiger partial charge in [-0.25, -0.2) is 0 Å². The molecule has 0 aliphatic heterocycles. The molecule has 0 saturated heterocycles. The molecule has 0 amide bonds. The number of hydrogen-bond donors (Lipinski definition) is 1. The Kier molecular flexibility index (Phi) is 3.78. The molecule has 0 bridgehead atoms. The number of benzene rings is 1. The molecule has 1 N–H and O–H groups in total. The maximum Gasteiger partial charge on any atom is 0.119 e. The first kappa shape index (κ1) is 12.1. The van der Waals surface area contributed by atoms with E-state index in [1.54, 1.807) is 6.07 Å². The summed E-state index contributed by atoms with van der Waals surface area (Å²) in [5, 5.41) is 9.93. The third-order valence-corrected chi connectivity index (χ3v) is 2.68. The zero-order chi connectivity index (χ0) is 11.5. The van der Waals surface area contributed by atoms with Crippen LogP contribution in [0, 0.1) is 0 Å². The third-order valence-electron chi connectivity index (χ3n) is 2.68. The molecule has 0 unspecified atom stereocenters. The van der Waals surface area contributed by atoms with Crippen LogP contribution < -0.4 is 0 Å². The van der Waals surface area contributed by atoms with E-state index in [0.29, 0.717) is 5.75 Å². The van der Waals surface area contributed by atoms with Gasteiger partial charge in [-0.1, -0.05) is 46.2 Å². The number of rotatable bonds is 3. The average Bonchev–Trinajstić information content (AvgIpc) is 2.12. The minimum atomic E-state index is 0.0222. The summed E-state index contributed by atoms with van der Waals surface area (Å²) in [4.78, 5) is 0. The number of phenols is 1. The van der Waals surface area contributed by atoms with Crippen molar-refractivity contribution in [2.75, 3.05) is 0 Å². The highest BCUT2D eigenvalue weighted by Gasteiger charge is 2.21. The summed E-state index contributed by atoms with van der Waals surface area (Å²) in [6.45, 7) is 8.64. The highest BCUT2D eigenvalue weighted by atomic mass is 16.3. The van der Waals surface area contributed by atoms with Crippen LogP contribution in [-0.4, -0.2) is 5.11 Å². The van der Waals surface area contributed by atoms with Gasteiger partial charge in [-0.3, -0.25) is 0 Å². The van der Waals surface area contributed by atoms with Gasteiger partial charge in [0.1, 0.15) is 5.75 Å². The molecule has 0 aliphatic carbocycles. The normalized spacial score (nSPS) is 11.7. The second-order valence-electron chi connectivity index (χ2n) is 5.16. The molecule has 0 saturated carbocycles. The summed E-state index contributed by atoms with van der Waals surface area (Å²) in [5.74, 6) is 0.441. The van der Waals surface area contributed by atoms with E-state index in [1.165, 1.54) is 18.4 Å². The van der Waals surface area contributed by atoms with E-state index in [9.17, 15) is 5.11 Å². The average molecular weight is 206 g/mol. The molecule has 0 aromatic heterocycles. The molecule has 0 radical (unpaired) electrons. The SMILES string of the molecule is CCCCc1cccc(O)c1C(C)(C)C. The maximum atomic E-state index is 9.93. The van der Waals surface area contributed by atoms with Crippen LogP contribution in [0.4, 0.5) is 0 Å². The lowest BCUT2D eigenvalue weighted by Crippen LogP contribution is -2.14. The third kappa shape index (κ3) is 2.98. The highest BCUT2D eigenvalue weighted by molar-refractivity contribution is 5.43. The van der Waals surface area contributed by atoms with Gasteiger partial charge in [-0.15, -0.1) is 0 Å². The summed E-state index contributed by atoms with van der Waals surface area (Å²) in [6, 6.07) is 5.86. The van der Waals surface area contributed by atoms with Crippen molar-refractivity contribution in [1.82, 2.24) is 0 Å². The number of aryl methyl sites for hydroxylation is 1. The molecule has 1 aromatic carbocycles. The monoisotopic (exact) mass is 206 g/mol. The topological polar surface area (TPSA) is 20.2 Å². The Morgan fingerprint density at radius 3 is 2.40 bits per heavy atom. The van der Waals surface area contributed by atoms with Gasteiger partial charge in [0.25, 0.3) is 0 Å². The van der Waals surface area contributed by atoms with Crippen molar-refractivity contribution < 1.29 is 5.11 Å². The largest absolute Gasteiger partial charge is 0.508 e. The number of hydrogen-bond acceptors (Lipinski definition) is 1. The van der Waals surface area contributed by atoms with Gasteiger partial charge in [0.2, 0.25) is 0 Å². The van der Waals surface area contributed by atoms with Gasteiger partial charge < -0.3 is 5.11 Å². The number of unbranched alkanes of at least 4 members (excludes halogenated alkanes) is 1. The quantitative estimate of drug-likeness (QED) is 0.791. The van der Waals surface area contributed by atoms with Gasteiger partial charge in [-0.2, -0.15) is 0 Å². The van der Waals surface area contributed by atoms with Crippen molar-refractivity contribution in [2.45, 2.75) is 52.4 Å². The smallest absolute Gasteiger partial charge is 0.119 e. The predicted molar refractivity (Wildman–Crippen MR) is 65.4 cm³/mol. The summed E-state index contributed by atoms with van der Waals surface area (Å²) in [7, 11) is 0. The maximum absolute atomic E-state index is 9.93. The first-order valence-electron chi connectivity index (χ1n) is 5.78. The number of aromatic hydroxyl groups is 1. The highest BCUT2D eigenvalue weighted by Crippen LogP contribution is 2.34. The lowest BCUT2D eigenvalue weighted by atomic mass is 9.82. The van der Waals surface area contributed by atoms with E-state index in [-0.39, 0.29) is 5.41 Å². The van der Waals surface area contributed by atoms with Gasteiger partial charge in [0.05, 0.1) is 0 Å². The first-order chi connectivity index (χ1) is 6.96. The van der Waals surface area contributed by atoms with E-state index in [0.717, 1.165) is 12.0 Å². The summed E-state index contributed by atoms with van der Waals surface area (Å²) >= 11 is 0. The Morgan fingerprint density at radius 2 is 1.87 bits per heavy atom. The molecule has 0 aliphatic rings. The molecule has 0 fully saturated rings. The molecule has 0 heterocycles. The molecule has 15 heavy (non-hydrogen) atoms. The fourth-order valence-corrected chi connectivity index (χ4v) is 2.03. The summed E-state index contributed by atoms with van der Waals surface area (Å²) in [6.07, 6.45) is 3.45. The van der Waals surface area contributed by atoms with Crippen molar-refractivity contribution in [3.63, 3.8) is 0 Å². The van der Waals surface area contributed by atoms with Crippen LogP contribution >= 0.6 is 0 Å². The van der Waals surface area contributed by atoms with Gasteiger partial charge >= 0.3 is 0 Å². The van der Waals surface area contributed by atoms with Crippen LogP contribution in [0.3, 0.4) is 0 Å². The molecule has 1 rings (SSSR count). The Hall–Kier alpha value is -0.980. The standard InChI is InChI=1S/C14H22O/c1-5-6-8-11-9-7-10-12(15)13(11)14(2,3)4/h7,9-10,15H,5-6,8H2,1-4H3. The first-order valence-corrected chi connectivity index (χ1v) is 5.78. The molecular formula is C14H22O. The van der Waals surface area contributed by atoms with Crippen molar-refractivity contribution >= 4 is 0 Å². The fraction of sp³-hybridized carbons (Fsp3) is 0.571. The predicted octanol–water partition coefficient (Wildman–Crippen LogP) is 4.03. The second-order valence-corrected chi connectivity index (χ2v) is 5.16. The minimum absolute atomic E-state index is 0.0222. The molecule has 1 aromatic rings. The van der Waals surface area contributed by atoms with Crippen LogP contribution in [-0.2, 0) is 11.8 Å². The van der Waals surface area contributed by atoms with Crippen LogP contribution in [0.15, 0.2) is 18.2 Å². The van der Waals surface area contributed by atoms with Crippen LogP contribution in [0.5, 0.6) is 5.75 Å². The zero-order valence-electron chi connectivity index (χ0n) is 10.3.